The number of hydrogen-bond acceptors (Lipinski definition) is 5. The molecule has 1 amide bonds. The Balaban J connectivity index is 1.42. The van der Waals surface area contributed by atoms with Crippen molar-refractivity contribution in [1.29, 1.82) is 0 Å². The predicted molar refractivity (Wildman–Crippen MR) is 115 cm³/mol. The average Bonchev–Trinajstić information content (AvgIpc) is 3.15. The zero-order valence-electron chi connectivity index (χ0n) is 15.7. The van der Waals surface area contributed by atoms with Crippen molar-refractivity contribution in [3.8, 4) is 0 Å². The number of sulfonamides is 1. The zero-order valence-corrected chi connectivity index (χ0v) is 17.3. The van der Waals surface area contributed by atoms with E-state index in [9.17, 15) is 13.2 Å². The molecule has 148 valence electrons. The standard InChI is InChI=1S/C21H19N3O3S2/c1-24(29(26,27)17-11-10-15-6-2-3-7-16(15)12-17)14-20(25)22-13-21-23-18-8-4-5-9-19(18)28-21/h2-12H,13-14H2,1H3,(H,22,25). The van der Waals surface area contributed by atoms with Gasteiger partial charge in [-0.25, -0.2) is 13.4 Å². The maximum Gasteiger partial charge on any atom is 0.243 e. The number of aromatic nitrogens is 1. The lowest BCUT2D eigenvalue weighted by atomic mass is 10.1. The number of likely N-dealkylation sites (N-methyl/N-ethyl adjacent to an activating group) is 1. The predicted octanol–water partition coefficient (Wildman–Crippen LogP) is 3.39. The fraction of sp³-hybridized carbons (Fsp3) is 0.143. The van der Waals surface area contributed by atoms with Gasteiger partial charge in [0.05, 0.1) is 28.2 Å². The van der Waals surface area contributed by atoms with Gasteiger partial charge in [-0.1, -0.05) is 42.5 Å². The molecule has 6 nitrogen and oxygen atoms in total. The van der Waals surface area contributed by atoms with Gasteiger partial charge in [0.15, 0.2) is 0 Å². The average molecular weight is 426 g/mol. The van der Waals surface area contributed by atoms with Gasteiger partial charge in [0, 0.05) is 7.05 Å². The maximum atomic E-state index is 12.8. The molecule has 0 bridgehead atoms. The summed E-state index contributed by atoms with van der Waals surface area (Å²) in [5.74, 6) is -0.379. The Morgan fingerprint density at radius 1 is 1.03 bits per heavy atom. The molecule has 1 aromatic heterocycles. The van der Waals surface area contributed by atoms with E-state index in [0.717, 1.165) is 30.3 Å². The van der Waals surface area contributed by atoms with Gasteiger partial charge in [0.1, 0.15) is 5.01 Å². The van der Waals surface area contributed by atoms with E-state index in [1.807, 2.05) is 48.5 Å². The van der Waals surface area contributed by atoms with E-state index in [1.54, 1.807) is 18.2 Å². The van der Waals surface area contributed by atoms with Crippen LogP contribution in [0.3, 0.4) is 0 Å². The zero-order chi connectivity index (χ0) is 20.4. The van der Waals surface area contributed by atoms with Gasteiger partial charge in [-0.3, -0.25) is 4.79 Å². The summed E-state index contributed by atoms with van der Waals surface area (Å²) < 4.78 is 27.8. The number of nitrogens with zero attached hydrogens (tertiary/aromatic N) is 2. The van der Waals surface area contributed by atoms with Gasteiger partial charge in [-0.2, -0.15) is 4.31 Å². The van der Waals surface area contributed by atoms with Gasteiger partial charge >= 0.3 is 0 Å². The number of para-hydroxylation sites is 1. The molecule has 8 heteroatoms. The Kier molecular flexibility index (Phi) is 5.31. The van der Waals surface area contributed by atoms with E-state index in [1.165, 1.54) is 18.4 Å². The molecule has 0 atom stereocenters. The summed E-state index contributed by atoms with van der Waals surface area (Å²) in [6.07, 6.45) is 0. The SMILES string of the molecule is CN(CC(=O)NCc1nc2ccccc2s1)S(=O)(=O)c1ccc2ccccc2c1. The highest BCUT2D eigenvalue weighted by atomic mass is 32.2. The van der Waals surface area contributed by atoms with Gasteiger partial charge in [0.2, 0.25) is 15.9 Å². The minimum absolute atomic E-state index is 0.165. The molecule has 0 aliphatic heterocycles. The van der Waals surface area contributed by atoms with E-state index in [2.05, 4.69) is 10.3 Å². The summed E-state index contributed by atoms with van der Waals surface area (Å²) >= 11 is 1.50. The molecule has 0 aliphatic carbocycles. The number of fused-ring (bicyclic) bond motifs is 2. The Bertz CT molecular complexity index is 1270. The van der Waals surface area contributed by atoms with Crippen molar-refractivity contribution in [3.63, 3.8) is 0 Å². The Hall–Kier alpha value is -2.81. The van der Waals surface area contributed by atoms with Gasteiger partial charge in [0.25, 0.3) is 0 Å². The van der Waals surface area contributed by atoms with Crippen molar-refractivity contribution in [2.24, 2.45) is 0 Å². The van der Waals surface area contributed by atoms with Gasteiger partial charge in [-0.05, 0) is 35.0 Å². The van der Waals surface area contributed by atoms with Crippen molar-refractivity contribution < 1.29 is 13.2 Å². The molecule has 4 rings (SSSR count). The third-order valence-corrected chi connectivity index (χ3v) is 7.41. The summed E-state index contributed by atoms with van der Waals surface area (Å²) in [4.78, 5) is 16.9. The van der Waals surface area contributed by atoms with E-state index in [-0.39, 0.29) is 23.9 Å². The van der Waals surface area contributed by atoms with Crippen LogP contribution in [0, 0.1) is 0 Å². The van der Waals surface area contributed by atoms with Crippen molar-refractivity contribution in [1.82, 2.24) is 14.6 Å². The maximum absolute atomic E-state index is 12.8. The Morgan fingerprint density at radius 3 is 2.55 bits per heavy atom. The van der Waals surface area contributed by atoms with Crippen LogP contribution in [0.4, 0.5) is 0 Å². The normalized spacial score (nSPS) is 11.9. The second-order valence-corrected chi connectivity index (χ2v) is 9.78. The monoisotopic (exact) mass is 425 g/mol. The summed E-state index contributed by atoms with van der Waals surface area (Å²) in [5, 5.41) is 5.32. The van der Waals surface area contributed by atoms with Gasteiger partial charge in [-0.15, -0.1) is 11.3 Å². The van der Waals surface area contributed by atoms with Crippen molar-refractivity contribution in [2.45, 2.75) is 11.4 Å². The van der Waals surface area contributed by atoms with E-state index >= 15 is 0 Å². The molecule has 3 aromatic carbocycles. The van der Waals surface area contributed by atoms with Crippen LogP contribution in [0.25, 0.3) is 21.0 Å². The van der Waals surface area contributed by atoms with Crippen LogP contribution in [0.15, 0.2) is 71.6 Å². The lowest BCUT2D eigenvalue weighted by Gasteiger charge is -2.17. The van der Waals surface area contributed by atoms with Crippen molar-refractivity contribution in [2.75, 3.05) is 13.6 Å². The van der Waals surface area contributed by atoms with E-state index in [4.69, 9.17) is 0 Å². The fourth-order valence-electron chi connectivity index (χ4n) is 3.02. The molecule has 1 N–H and O–H groups in total. The number of thiazole rings is 1. The molecule has 1 heterocycles. The van der Waals surface area contributed by atoms with Crippen LogP contribution >= 0.6 is 11.3 Å². The largest absolute Gasteiger partial charge is 0.348 e. The van der Waals surface area contributed by atoms with Crippen molar-refractivity contribution >= 4 is 48.3 Å². The number of amides is 1. The van der Waals surface area contributed by atoms with Crippen LogP contribution < -0.4 is 5.32 Å². The second kappa shape index (κ2) is 7.90. The number of carbonyl (C=O) groups is 1. The topological polar surface area (TPSA) is 79.4 Å². The van der Waals surface area contributed by atoms with Crippen LogP contribution in [0.1, 0.15) is 5.01 Å². The number of benzene rings is 3. The lowest BCUT2D eigenvalue weighted by molar-refractivity contribution is -0.121. The minimum Gasteiger partial charge on any atom is -0.348 e. The Morgan fingerprint density at radius 2 is 1.76 bits per heavy atom. The molecule has 0 radical (unpaired) electrons. The number of rotatable bonds is 6. The van der Waals surface area contributed by atoms with E-state index in [0.29, 0.717) is 0 Å². The molecule has 0 saturated carbocycles. The Labute approximate surface area is 172 Å². The molecule has 0 aliphatic rings. The molecule has 4 aromatic rings. The highest BCUT2D eigenvalue weighted by Crippen LogP contribution is 2.22. The first kappa shape index (κ1) is 19.5. The molecular formula is C21H19N3O3S2. The first-order valence-corrected chi connectivity index (χ1v) is 11.3. The first-order valence-electron chi connectivity index (χ1n) is 9.00. The lowest BCUT2D eigenvalue weighted by Crippen LogP contribution is -2.38. The summed E-state index contributed by atoms with van der Waals surface area (Å²) in [6.45, 7) is 0.00208. The smallest absolute Gasteiger partial charge is 0.243 e. The third kappa shape index (κ3) is 4.14. The number of hydrogen-bond donors (Lipinski definition) is 1. The van der Waals surface area contributed by atoms with E-state index < -0.39 is 10.0 Å². The first-order chi connectivity index (χ1) is 13.9. The van der Waals surface area contributed by atoms with Crippen LogP contribution in [-0.2, 0) is 21.4 Å². The number of nitrogens with one attached hydrogen (secondary N) is 1. The van der Waals surface area contributed by atoms with Crippen LogP contribution in [-0.4, -0.2) is 37.2 Å². The third-order valence-electron chi connectivity index (χ3n) is 4.57. The molecule has 0 unspecified atom stereocenters. The van der Waals surface area contributed by atoms with Gasteiger partial charge < -0.3 is 5.32 Å². The molecule has 29 heavy (non-hydrogen) atoms. The second-order valence-electron chi connectivity index (χ2n) is 6.62. The molecule has 0 fully saturated rings. The minimum atomic E-state index is -3.77. The highest BCUT2D eigenvalue weighted by molar-refractivity contribution is 7.89. The summed E-state index contributed by atoms with van der Waals surface area (Å²) in [6, 6.07) is 20.2. The van der Waals surface area contributed by atoms with Crippen molar-refractivity contribution in [3.05, 3.63) is 71.7 Å². The summed E-state index contributed by atoms with van der Waals surface area (Å²) in [7, 11) is -2.36. The number of carbonyl (C=O) groups excluding carboxylic acids is 1. The molecule has 0 spiro atoms. The molecule has 0 saturated heterocycles. The van der Waals surface area contributed by atoms with Crippen LogP contribution in [0.2, 0.25) is 0 Å². The quantitative estimate of drug-likeness (QED) is 0.514. The van der Waals surface area contributed by atoms with Crippen LogP contribution in [0.5, 0.6) is 0 Å². The fourth-order valence-corrected chi connectivity index (χ4v) is 5.09. The highest BCUT2D eigenvalue weighted by Gasteiger charge is 2.23. The molecular weight excluding hydrogens is 406 g/mol. The summed E-state index contributed by atoms with van der Waals surface area (Å²) in [5.41, 5.74) is 0.887.